The highest BCUT2D eigenvalue weighted by atomic mass is 32.2. The molecule has 2 aromatic carbocycles. The van der Waals surface area contributed by atoms with Crippen molar-refractivity contribution in [3.63, 3.8) is 0 Å². The molecular formula is C17H17N5O2S. The van der Waals surface area contributed by atoms with Crippen molar-refractivity contribution in [2.45, 2.75) is 10.9 Å². The van der Waals surface area contributed by atoms with Gasteiger partial charge in [0, 0.05) is 11.3 Å². The van der Waals surface area contributed by atoms with Crippen LogP contribution in [0.4, 0.5) is 0 Å². The summed E-state index contributed by atoms with van der Waals surface area (Å²) < 4.78 is 6.79. The lowest BCUT2D eigenvalue weighted by molar-refractivity contribution is 0.100. The van der Waals surface area contributed by atoms with Gasteiger partial charge in [0.2, 0.25) is 11.1 Å². The van der Waals surface area contributed by atoms with Crippen molar-refractivity contribution in [1.29, 1.82) is 0 Å². The maximum atomic E-state index is 11.1. The second kappa shape index (κ2) is 7.27. The first-order chi connectivity index (χ1) is 12.1. The minimum atomic E-state index is -0.442. The minimum absolute atomic E-state index is 0.442. The Balaban J connectivity index is 1.76. The topological polar surface area (TPSA) is 109 Å². The van der Waals surface area contributed by atoms with Crippen LogP contribution in [0.1, 0.15) is 15.9 Å². The average Bonchev–Trinajstić information content (AvgIpc) is 3.00. The van der Waals surface area contributed by atoms with Crippen LogP contribution in [0.3, 0.4) is 0 Å². The molecule has 0 unspecified atom stereocenters. The van der Waals surface area contributed by atoms with Crippen LogP contribution in [0, 0.1) is 0 Å². The Labute approximate surface area is 149 Å². The number of nitrogen functional groups attached to an aromatic ring is 1. The maximum Gasteiger partial charge on any atom is 0.248 e. The van der Waals surface area contributed by atoms with Gasteiger partial charge >= 0.3 is 0 Å². The predicted octanol–water partition coefficient (Wildman–Crippen LogP) is 2.06. The molecule has 0 atom stereocenters. The van der Waals surface area contributed by atoms with E-state index in [2.05, 4.69) is 10.2 Å². The number of primary amides is 1. The summed E-state index contributed by atoms with van der Waals surface area (Å²) in [6, 6.07) is 14.6. The first-order valence-electron chi connectivity index (χ1n) is 7.45. The SMILES string of the molecule is COc1ccccc1-c1nnc(SCc2ccc(C(N)=O)cc2)n1N. The largest absolute Gasteiger partial charge is 0.496 e. The summed E-state index contributed by atoms with van der Waals surface area (Å²) >= 11 is 1.45. The van der Waals surface area contributed by atoms with E-state index in [1.165, 1.54) is 16.4 Å². The Morgan fingerprint density at radius 3 is 2.56 bits per heavy atom. The van der Waals surface area contributed by atoms with E-state index in [9.17, 15) is 4.79 Å². The molecule has 4 N–H and O–H groups in total. The minimum Gasteiger partial charge on any atom is -0.496 e. The number of hydrogen-bond donors (Lipinski definition) is 2. The van der Waals surface area contributed by atoms with Crippen LogP contribution < -0.4 is 16.3 Å². The number of carbonyl (C=O) groups excluding carboxylic acids is 1. The molecule has 7 nitrogen and oxygen atoms in total. The molecule has 0 bridgehead atoms. The van der Waals surface area contributed by atoms with Gasteiger partial charge in [0.25, 0.3) is 0 Å². The summed E-state index contributed by atoms with van der Waals surface area (Å²) in [6.07, 6.45) is 0. The fourth-order valence-electron chi connectivity index (χ4n) is 2.30. The Bertz CT molecular complexity index is 892. The molecule has 0 aliphatic rings. The number of benzene rings is 2. The monoisotopic (exact) mass is 355 g/mol. The van der Waals surface area contributed by atoms with Gasteiger partial charge in [-0.15, -0.1) is 10.2 Å². The third-order valence-electron chi connectivity index (χ3n) is 3.62. The number of hydrogen-bond acceptors (Lipinski definition) is 6. The van der Waals surface area contributed by atoms with Crippen molar-refractivity contribution < 1.29 is 9.53 Å². The average molecular weight is 355 g/mol. The number of ether oxygens (including phenoxy) is 1. The van der Waals surface area contributed by atoms with Gasteiger partial charge in [-0.1, -0.05) is 36.0 Å². The Morgan fingerprint density at radius 1 is 1.16 bits per heavy atom. The number of nitrogens with zero attached hydrogens (tertiary/aromatic N) is 3. The van der Waals surface area contributed by atoms with Crippen LogP contribution in [-0.2, 0) is 5.75 Å². The van der Waals surface area contributed by atoms with Crippen LogP contribution in [0.25, 0.3) is 11.4 Å². The third kappa shape index (κ3) is 3.58. The van der Waals surface area contributed by atoms with Crippen LogP contribution in [-0.4, -0.2) is 27.9 Å². The number of aromatic nitrogens is 3. The molecular weight excluding hydrogens is 338 g/mol. The van der Waals surface area contributed by atoms with Gasteiger partial charge in [-0.25, -0.2) is 4.68 Å². The van der Waals surface area contributed by atoms with Gasteiger partial charge in [0.1, 0.15) is 5.75 Å². The van der Waals surface area contributed by atoms with Gasteiger partial charge in [0.15, 0.2) is 5.82 Å². The van der Waals surface area contributed by atoms with Gasteiger partial charge in [-0.2, -0.15) is 0 Å². The summed E-state index contributed by atoms with van der Waals surface area (Å²) in [5, 5.41) is 8.90. The molecule has 1 aromatic heterocycles. The summed E-state index contributed by atoms with van der Waals surface area (Å²) in [5.74, 6) is 7.55. The Morgan fingerprint density at radius 2 is 1.88 bits per heavy atom. The van der Waals surface area contributed by atoms with Crippen molar-refractivity contribution in [1.82, 2.24) is 14.9 Å². The molecule has 0 saturated carbocycles. The molecule has 0 spiro atoms. The molecule has 3 rings (SSSR count). The molecule has 128 valence electrons. The second-order valence-electron chi connectivity index (χ2n) is 5.23. The lowest BCUT2D eigenvalue weighted by Gasteiger charge is -2.08. The number of thioether (sulfide) groups is 1. The molecule has 0 radical (unpaired) electrons. The summed E-state index contributed by atoms with van der Waals surface area (Å²) in [6.45, 7) is 0. The summed E-state index contributed by atoms with van der Waals surface area (Å²) in [5.41, 5.74) is 7.52. The summed E-state index contributed by atoms with van der Waals surface area (Å²) in [4.78, 5) is 11.1. The van der Waals surface area contributed by atoms with E-state index < -0.39 is 5.91 Å². The van der Waals surface area contributed by atoms with E-state index in [1.54, 1.807) is 19.2 Å². The van der Waals surface area contributed by atoms with Crippen molar-refractivity contribution >= 4 is 17.7 Å². The number of amides is 1. The van der Waals surface area contributed by atoms with Gasteiger partial charge < -0.3 is 16.3 Å². The Kier molecular flexibility index (Phi) is 4.90. The Hall–Kier alpha value is -3.00. The molecule has 1 heterocycles. The van der Waals surface area contributed by atoms with Crippen molar-refractivity contribution in [3.8, 4) is 17.1 Å². The lowest BCUT2D eigenvalue weighted by Crippen LogP contribution is -2.12. The van der Waals surface area contributed by atoms with E-state index in [0.717, 1.165) is 11.1 Å². The first-order valence-corrected chi connectivity index (χ1v) is 8.44. The van der Waals surface area contributed by atoms with Crippen LogP contribution in [0.2, 0.25) is 0 Å². The zero-order valence-electron chi connectivity index (χ0n) is 13.5. The highest BCUT2D eigenvalue weighted by molar-refractivity contribution is 7.98. The quantitative estimate of drug-likeness (QED) is 0.517. The molecule has 1 amide bonds. The molecule has 8 heteroatoms. The van der Waals surface area contributed by atoms with Gasteiger partial charge in [-0.3, -0.25) is 4.79 Å². The van der Waals surface area contributed by atoms with Crippen LogP contribution >= 0.6 is 11.8 Å². The second-order valence-corrected chi connectivity index (χ2v) is 6.17. The number of methoxy groups -OCH3 is 1. The highest BCUT2D eigenvalue weighted by Gasteiger charge is 2.15. The zero-order chi connectivity index (χ0) is 17.8. The molecule has 0 aliphatic carbocycles. The zero-order valence-corrected chi connectivity index (χ0v) is 14.4. The van der Waals surface area contributed by atoms with E-state index in [1.807, 2.05) is 36.4 Å². The van der Waals surface area contributed by atoms with E-state index >= 15 is 0 Å². The standard InChI is InChI=1S/C17H17N5O2S/c1-24-14-5-3-2-4-13(14)16-20-21-17(22(16)19)25-10-11-6-8-12(9-7-11)15(18)23/h2-9H,10,19H2,1H3,(H2,18,23). The fraction of sp³-hybridized carbons (Fsp3) is 0.118. The fourth-order valence-corrected chi connectivity index (χ4v) is 3.11. The smallest absolute Gasteiger partial charge is 0.248 e. The molecule has 0 saturated heterocycles. The normalized spacial score (nSPS) is 10.6. The van der Waals surface area contributed by atoms with Crippen LogP contribution in [0.15, 0.2) is 53.7 Å². The van der Waals surface area contributed by atoms with Crippen molar-refractivity contribution in [3.05, 3.63) is 59.7 Å². The van der Waals surface area contributed by atoms with Crippen molar-refractivity contribution in [2.24, 2.45) is 5.73 Å². The summed E-state index contributed by atoms with van der Waals surface area (Å²) in [7, 11) is 1.60. The molecule has 0 fully saturated rings. The molecule has 25 heavy (non-hydrogen) atoms. The van der Waals surface area contributed by atoms with E-state index in [4.69, 9.17) is 16.3 Å². The highest BCUT2D eigenvalue weighted by Crippen LogP contribution is 2.30. The molecule has 3 aromatic rings. The number of carbonyl (C=O) groups is 1. The van der Waals surface area contributed by atoms with Crippen LogP contribution in [0.5, 0.6) is 5.75 Å². The first kappa shape index (κ1) is 16.8. The lowest BCUT2D eigenvalue weighted by atomic mass is 10.1. The number of para-hydroxylation sites is 1. The maximum absolute atomic E-state index is 11.1. The van der Waals surface area contributed by atoms with Gasteiger partial charge in [0.05, 0.1) is 12.7 Å². The van der Waals surface area contributed by atoms with Gasteiger partial charge in [-0.05, 0) is 29.8 Å². The van der Waals surface area contributed by atoms with Crippen molar-refractivity contribution in [2.75, 3.05) is 13.0 Å². The van der Waals surface area contributed by atoms with E-state index in [0.29, 0.717) is 28.0 Å². The van der Waals surface area contributed by atoms with E-state index in [-0.39, 0.29) is 0 Å². The third-order valence-corrected chi connectivity index (χ3v) is 4.63. The number of rotatable bonds is 6. The predicted molar refractivity (Wildman–Crippen MR) is 96.7 cm³/mol. The molecule has 0 aliphatic heterocycles. The number of nitrogens with two attached hydrogens (primary N) is 2.